The average Bonchev–Trinajstić information content (AvgIpc) is 2.15. The lowest BCUT2D eigenvalue weighted by Crippen LogP contribution is -2.10. The van der Waals surface area contributed by atoms with Crippen LogP contribution in [-0.4, -0.2) is 12.9 Å². The number of rotatable bonds is 3. The predicted octanol–water partition coefficient (Wildman–Crippen LogP) is 3.33. The molecule has 0 spiro atoms. The van der Waals surface area contributed by atoms with Crippen LogP contribution in [0.5, 0.6) is 5.75 Å². The first-order valence-corrected chi connectivity index (χ1v) is 4.92. The Kier molecular flexibility index (Phi) is 3.69. The predicted molar refractivity (Wildman–Crippen MR) is 57.1 cm³/mol. The molecule has 82 valence electrons. The molecular formula is C11H12ClFO2. The molecule has 0 N–H and O–H groups in total. The molecule has 0 aromatic heterocycles. The highest BCUT2D eigenvalue weighted by molar-refractivity contribution is 6.32. The molecule has 0 atom stereocenters. The molecule has 0 heterocycles. The van der Waals surface area contributed by atoms with Crippen LogP contribution in [0.1, 0.15) is 24.2 Å². The molecule has 1 aromatic rings. The highest BCUT2D eigenvalue weighted by Crippen LogP contribution is 2.31. The van der Waals surface area contributed by atoms with Gasteiger partial charge in [-0.1, -0.05) is 25.4 Å². The Morgan fingerprint density at radius 2 is 2.07 bits per heavy atom. The topological polar surface area (TPSA) is 26.3 Å². The highest BCUT2D eigenvalue weighted by Gasteiger charge is 2.19. The van der Waals surface area contributed by atoms with Crippen LogP contribution < -0.4 is 4.74 Å². The number of carbonyl (C=O) groups is 1. The smallest absolute Gasteiger partial charge is 0.169 e. The van der Waals surface area contributed by atoms with Crippen molar-refractivity contribution in [3.05, 3.63) is 28.5 Å². The normalized spacial score (nSPS) is 10.5. The number of halogens is 2. The Bertz CT molecular complexity index is 388. The number of Topliss-reactive ketones (excluding diaryl/α,β-unsaturated/α-hetero) is 1. The first-order valence-electron chi connectivity index (χ1n) is 4.54. The van der Waals surface area contributed by atoms with Crippen LogP contribution in [0, 0.1) is 11.7 Å². The molecule has 0 bridgehead atoms. The zero-order valence-electron chi connectivity index (χ0n) is 8.80. The average molecular weight is 231 g/mol. The van der Waals surface area contributed by atoms with Gasteiger partial charge in [-0.05, 0) is 12.1 Å². The summed E-state index contributed by atoms with van der Waals surface area (Å²) in [4.78, 5) is 11.7. The van der Waals surface area contributed by atoms with Gasteiger partial charge in [0.25, 0.3) is 0 Å². The zero-order chi connectivity index (χ0) is 11.6. The van der Waals surface area contributed by atoms with Crippen LogP contribution in [0.15, 0.2) is 12.1 Å². The van der Waals surface area contributed by atoms with E-state index in [1.54, 1.807) is 13.8 Å². The second-order valence-electron chi connectivity index (χ2n) is 3.49. The third-order valence-corrected chi connectivity index (χ3v) is 2.28. The first kappa shape index (κ1) is 12.0. The third kappa shape index (κ3) is 2.48. The summed E-state index contributed by atoms with van der Waals surface area (Å²) in [5, 5.41) is 0.113. The fourth-order valence-corrected chi connectivity index (χ4v) is 1.55. The van der Waals surface area contributed by atoms with Crippen LogP contribution >= 0.6 is 11.6 Å². The van der Waals surface area contributed by atoms with Gasteiger partial charge in [-0.2, -0.15) is 0 Å². The minimum absolute atomic E-state index is 0.113. The summed E-state index contributed by atoms with van der Waals surface area (Å²) >= 11 is 5.77. The summed E-state index contributed by atoms with van der Waals surface area (Å²) in [5.41, 5.74) is 0.192. The standard InChI is InChI=1S/C11H12ClFO2/c1-6(2)10(14)8-4-7(13)5-9(12)11(8)15-3/h4-6H,1-3H3. The van der Waals surface area contributed by atoms with Gasteiger partial charge >= 0.3 is 0 Å². The molecule has 0 unspecified atom stereocenters. The van der Waals surface area contributed by atoms with E-state index < -0.39 is 5.82 Å². The fraction of sp³-hybridized carbons (Fsp3) is 0.364. The maximum atomic E-state index is 13.1. The van der Waals surface area contributed by atoms with E-state index in [9.17, 15) is 9.18 Å². The Balaban J connectivity index is 3.32. The van der Waals surface area contributed by atoms with Crippen molar-refractivity contribution in [2.45, 2.75) is 13.8 Å². The maximum absolute atomic E-state index is 13.1. The molecule has 15 heavy (non-hydrogen) atoms. The van der Waals surface area contributed by atoms with E-state index in [0.717, 1.165) is 12.1 Å². The van der Waals surface area contributed by atoms with Crippen molar-refractivity contribution in [1.29, 1.82) is 0 Å². The summed E-state index contributed by atoms with van der Waals surface area (Å²) in [7, 11) is 1.40. The highest BCUT2D eigenvalue weighted by atomic mass is 35.5. The van der Waals surface area contributed by atoms with Crippen molar-refractivity contribution in [2.75, 3.05) is 7.11 Å². The molecule has 0 saturated heterocycles. The molecule has 0 saturated carbocycles. The van der Waals surface area contributed by atoms with Gasteiger partial charge in [0.05, 0.1) is 17.7 Å². The molecule has 4 heteroatoms. The van der Waals surface area contributed by atoms with Crippen LogP contribution in [0.2, 0.25) is 5.02 Å². The van der Waals surface area contributed by atoms with E-state index >= 15 is 0 Å². The minimum Gasteiger partial charge on any atom is -0.494 e. The monoisotopic (exact) mass is 230 g/mol. The third-order valence-electron chi connectivity index (χ3n) is 2.00. The number of benzene rings is 1. The lowest BCUT2D eigenvalue weighted by molar-refractivity contribution is 0.0936. The molecule has 0 radical (unpaired) electrons. The molecule has 0 aliphatic carbocycles. The first-order chi connectivity index (χ1) is 6.97. The van der Waals surface area contributed by atoms with Crippen LogP contribution in [0.25, 0.3) is 0 Å². The number of methoxy groups -OCH3 is 1. The van der Waals surface area contributed by atoms with Gasteiger partial charge in [0.1, 0.15) is 11.6 Å². The van der Waals surface area contributed by atoms with Crippen molar-refractivity contribution < 1.29 is 13.9 Å². The summed E-state index contributed by atoms with van der Waals surface area (Å²) in [6, 6.07) is 2.27. The van der Waals surface area contributed by atoms with E-state index in [2.05, 4.69) is 0 Å². The number of hydrogen-bond acceptors (Lipinski definition) is 2. The van der Waals surface area contributed by atoms with Crippen molar-refractivity contribution in [1.82, 2.24) is 0 Å². The molecular weight excluding hydrogens is 219 g/mol. The van der Waals surface area contributed by atoms with Crippen LogP contribution in [0.3, 0.4) is 0 Å². The minimum atomic E-state index is -0.537. The summed E-state index contributed by atoms with van der Waals surface area (Å²) in [6.45, 7) is 3.47. The Morgan fingerprint density at radius 3 is 2.53 bits per heavy atom. The summed E-state index contributed by atoms with van der Waals surface area (Å²) in [6.07, 6.45) is 0. The molecule has 1 aromatic carbocycles. The molecule has 0 aliphatic rings. The van der Waals surface area contributed by atoms with Crippen molar-refractivity contribution in [3.63, 3.8) is 0 Å². The van der Waals surface area contributed by atoms with Crippen molar-refractivity contribution in [2.24, 2.45) is 5.92 Å². The van der Waals surface area contributed by atoms with E-state index in [1.807, 2.05) is 0 Å². The van der Waals surface area contributed by atoms with Gasteiger partial charge in [-0.25, -0.2) is 4.39 Å². The number of ether oxygens (including phenoxy) is 1. The zero-order valence-corrected chi connectivity index (χ0v) is 9.56. The van der Waals surface area contributed by atoms with Crippen molar-refractivity contribution >= 4 is 17.4 Å². The maximum Gasteiger partial charge on any atom is 0.169 e. The number of carbonyl (C=O) groups excluding carboxylic acids is 1. The van der Waals surface area contributed by atoms with E-state index in [4.69, 9.17) is 16.3 Å². The quantitative estimate of drug-likeness (QED) is 0.745. The SMILES string of the molecule is COc1c(Cl)cc(F)cc1C(=O)C(C)C. The van der Waals surface area contributed by atoms with Gasteiger partial charge < -0.3 is 4.74 Å². The van der Waals surface area contributed by atoms with Gasteiger partial charge in [0.15, 0.2) is 5.78 Å². The second kappa shape index (κ2) is 4.62. The molecule has 0 aliphatic heterocycles. The fourth-order valence-electron chi connectivity index (χ4n) is 1.26. The molecule has 0 amide bonds. The molecule has 1 rings (SSSR count). The van der Waals surface area contributed by atoms with E-state index in [1.165, 1.54) is 7.11 Å². The van der Waals surface area contributed by atoms with Gasteiger partial charge in [-0.15, -0.1) is 0 Å². The van der Waals surface area contributed by atoms with Gasteiger partial charge in [0.2, 0.25) is 0 Å². The van der Waals surface area contributed by atoms with Crippen molar-refractivity contribution in [3.8, 4) is 5.75 Å². The van der Waals surface area contributed by atoms with Gasteiger partial charge in [-0.3, -0.25) is 4.79 Å². The largest absolute Gasteiger partial charge is 0.494 e. The Labute approximate surface area is 93.0 Å². The lowest BCUT2D eigenvalue weighted by Gasteiger charge is -2.11. The Morgan fingerprint density at radius 1 is 1.47 bits per heavy atom. The molecule has 2 nitrogen and oxygen atoms in total. The van der Waals surface area contributed by atoms with E-state index in [-0.39, 0.29) is 28.0 Å². The Hall–Kier alpha value is -1.09. The van der Waals surface area contributed by atoms with E-state index in [0.29, 0.717) is 0 Å². The van der Waals surface area contributed by atoms with Crippen LogP contribution in [-0.2, 0) is 0 Å². The van der Waals surface area contributed by atoms with Gasteiger partial charge in [0, 0.05) is 5.92 Å². The number of hydrogen-bond donors (Lipinski definition) is 0. The summed E-state index contributed by atoms with van der Waals surface area (Å²) < 4.78 is 18.1. The summed E-state index contributed by atoms with van der Waals surface area (Å²) in [5.74, 6) is -0.716. The molecule has 0 fully saturated rings. The lowest BCUT2D eigenvalue weighted by atomic mass is 10.00. The second-order valence-corrected chi connectivity index (χ2v) is 3.89. The number of ketones is 1. The van der Waals surface area contributed by atoms with Crippen LogP contribution in [0.4, 0.5) is 4.39 Å².